The van der Waals surface area contributed by atoms with Crippen molar-refractivity contribution < 1.29 is 9.31 Å². The van der Waals surface area contributed by atoms with Gasteiger partial charge in [0.25, 0.3) is 0 Å². The second-order valence-corrected chi connectivity index (χ2v) is 7.29. The highest BCUT2D eigenvalue weighted by Crippen LogP contribution is 2.65. The molecule has 3 aliphatic carbocycles. The summed E-state index contributed by atoms with van der Waals surface area (Å²) in [6, 6.07) is 0. The van der Waals surface area contributed by atoms with Gasteiger partial charge in [-0.1, -0.05) is 27.2 Å². The predicted molar refractivity (Wildman–Crippen MR) is 80.2 cm³/mol. The van der Waals surface area contributed by atoms with Crippen LogP contribution in [0.3, 0.4) is 0 Å². The molecule has 2 N–H and O–H groups in total. The third kappa shape index (κ3) is 2.07. The van der Waals surface area contributed by atoms with Crippen molar-refractivity contribution >= 4 is 19.5 Å². The standard InChI is InChI=1S/C14H26BNO2.ClH/c1-5-6-12(16)15-17-11-8-9-7-10(13(9,2)3)14(11,4)18-15;/h9-12H,5-8,16H2,1-4H3;1H/t9-,10-,11-,12-,14-;/m0./s1. The normalized spacial score (nSPS) is 44.1. The Labute approximate surface area is 123 Å². The van der Waals surface area contributed by atoms with Crippen molar-refractivity contribution in [1.29, 1.82) is 0 Å². The molecule has 110 valence electrons. The van der Waals surface area contributed by atoms with E-state index in [-0.39, 0.29) is 37.2 Å². The van der Waals surface area contributed by atoms with Crippen LogP contribution in [0.1, 0.15) is 53.4 Å². The third-order valence-corrected chi connectivity index (χ3v) is 5.94. The number of halogens is 1. The van der Waals surface area contributed by atoms with Crippen LogP contribution in [0.5, 0.6) is 0 Å². The van der Waals surface area contributed by atoms with Gasteiger partial charge in [-0.05, 0) is 43.4 Å². The molecule has 1 saturated heterocycles. The van der Waals surface area contributed by atoms with Crippen LogP contribution in [0.25, 0.3) is 0 Å². The Balaban J connectivity index is 0.00000133. The second kappa shape index (κ2) is 4.90. The van der Waals surface area contributed by atoms with Crippen LogP contribution in [0.2, 0.25) is 0 Å². The predicted octanol–water partition coefficient (Wildman–Crippen LogP) is 2.80. The summed E-state index contributed by atoms with van der Waals surface area (Å²) in [7, 11) is -0.185. The molecular weight excluding hydrogens is 260 g/mol. The van der Waals surface area contributed by atoms with Gasteiger partial charge in [-0.25, -0.2) is 0 Å². The fourth-order valence-electron chi connectivity index (χ4n) is 4.55. The molecule has 0 amide bonds. The van der Waals surface area contributed by atoms with Crippen molar-refractivity contribution in [3.63, 3.8) is 0 Å². The smallest absolute Gasteiger partial charge is 0.404 e. The van der Waals surface area contributed by atoms with Gasteiger partial charge in [-0.2, -0.15) is 0 Å². The highest BCUT2D eigenvalue weighted by atomic mass is 35.5. The summed E-state index contributed by atoms with van der Waals surface area (Å²) in [5.74, 6) is 1.47. The number of hydrogen-bond donors (Lipinski definition) is 1. The van der Waals surface area contributed by atoms with Crippen molar-refractivity contribution in [2.45, 2.75) is 71.0 Å². The van der Waals surface area contributed by atoms with Crippen LogP contribution in [-0.4, -0.2) is 24.8 Å². The summed E-state index contributed by atoms with van der Waals surface area (Å²) >= 11 is 0. The molecule has 0 aromatic carbocycles. The summed E-state index contributed by atoms with van der Waals surface area (Å²) in [5, 5.41) is 0. The molecule has 4 fully saturated rings. The van der Waals surface area contributed by atoms with Crippen LogP contribution in [-0.2, 0) is 9.31 Å². The van der Waals surface area contributed by atoms with E-state index in [1.807, 2.05) is 0 Å². The molecule has 3 saturated carbocycles. The van der Waals surface area contributed by atoms with E-state index in [9.17, 15) is 0 Å². The lowest BCUT2D eigenvalue weighted by molar-refractivity contribution is -0.199. The monoisotopic (exact) mass is 287 g/mol. The summed E-state index contributed by atoms with van der Waals surface area (Å²) in [4.78, 5) is 0. The van der Waals surface area contributed by atoms with Gasteiger partial charge in [0.1, 0.15) is 0 Å². The Morgan fingerprint density at radius 1 is 1.32 bits per heavy atom. The van der Waals surface area contributed by atoms with E-state index in [1.165, 1.54) is 6.42 Å². The van der Waals surface area contributed by atoms with Crippen molar-refractivity contribution in [2.75, 3.05) is 0 Å². The Morgan fingerprint density at radius 3 is 2.58 bits per heavy atom. The maximum Gasteiger partial charge on any atom is 0.475 e. The molecule has 2 bridgehead atoms. The minimum absolute atomic E-state index is 0. The molecule has 0 spiro atoms. The zero-order chi connectivity index (χ0) is 13.1. The molecular formula is C14H27BClNO2. The molecule has 0 unspecified atom stereocenters. The molecule has 1 aliphatic heterocycles. The molecule has 4 rings (SSSR count). The Kier molecular flexibility index (Phi) is 4.03. The number of nitrogens with two attached hydrogens (primary N) is 1. The molecule has 3 nitrogen and oxygen atoms in total. The van der Waals surface area contributed by atoms with E-state index in [0.29, 0.717) is 11.3 Å². The van der Waals surface area contributed by atoms with Gasteiger partial charge in [-0.15, -0.1) is 12.4 Å². The minimum atomic E-state index is -0.185. The van der Waals surface area contributed by atoms with Crippen LogP contribution in [0, 0.1) is 17.3 Å². The summed E-state index contributed by atoms with van der Waals surface area (Å²) in [6.45, 7) is 9.17. The lowest BCUT2D eigenvalue weighted by Crippen LogP contribution is -2.65. The first kappa shape index (κ1) is 15.6. The van der Waals surface area contributed by atoms with E-state index in [2.05, 4.69) is 27.7 Å². The van der Waals surface area contributed by atoms with Gasteiger partial charge in [0.15, 0.2) is 0 Å². The molecule has 4 aliphatic rings. The van der Waals surface area contributed by atoms with Crippen molar-refractivity contribution in [2.24, 2.45) is 23.0 Å². The second-order valence-electron chi connectivity index (χ2n) is 7.29. The van der Waals surface area contributed by atoms with Gasteiger partial charge < -0.3 is 15.0 Å². The zero-order valence-electron chi connectivity index (χ0n) is 12.5. The summed E-state index contributed by atoms with van der Waals surface area (Å²) in [6.07, 6.45) is 4.78. The minimum Gasteiger partial charge on any atom is -0.404 e. The molecule has 5 atom stereocenters. The van der Waals surface area contributed by atoms with E-state index in [4.69, 9.17) is 15.0 Å². The fraction of sp³-hybridized carbons (Fsp3) is 1.00. The average Bonchev–Trinajstić information content (AvgIpc) is 2.65. The van der Waals surface area contributed by atoms with Gasteiger partial charge in [0.05, 0.1) is 11.7 Å². The van der Waals surface area contributed by atoms with Crippen LogP contribution in [0.4, 0.5) is 0 Å². The maximum absolute atomic E-state index is 6.31. The molecule has 0 aromatic heterocycles. The van der Waals surface area contributed by atoms with E-state index < -0.39 is 0 Å². The van der Waals surface area contributed by atoms with Crippen LogP contribution >= 0.6 is 12.4 Å². The Bertz CT molecular complexity index is 354. The van der Waals surface area contributed by atoms with Crippen molar-refractivity contribution in [3.8, 4) is 0 Å². The van der Waals surface area contributed by atoms with E-state index in [0.717, 1.165) is 25.2 Å². The van der Waals surface area contributed by atoms with Gasteiger partial charge in [0, 0.05) is 5.94 Å². The topological polar surface area (TPSA) is 44.5 Å². The number of hydrogen-bond acceptors (Lipinski definition) is 3. The highest BCUT2D eigenvalue weighted by molar-refractivity contribution is 6.47. The first-order chi connectivity index (χ1) is 8.39. The molecule has 5 heteroatoms. The number of rotatable bonds is 3. The average molecular weight is 288 g/mol. The van der Waals surface area contributed by atoms with Gasteiger partial charge in [-0.3, -0.25) is 0 Å². The molecule has 0 radical (unpaired) electrons. The molecule has 0 aromatic rings. The van der Waals surface area contributed by atoms with E-state index in [1.54, 1.807) is 0 Å². The van der Waals surface area contributed by atoms with Crippen molar-refractivity contribution in [3.05, 3.63) is 0 Å². The lowest BCUT2D eigenvalue weighted by Gasteiger charge is -2.64. The zero-order valence-corrected chi connectivity index (χ0v) is 13.3. The van der Waals surface area contributed by atoms with Crippen molar-refractivity contribution in [1.82, 2.24) is 0 Å². The molecule has 1 heterocycles. The van der Waals surface area contributed by atoms with Gasteiger partial charge >= 0.3 is 7.12 Å². The van der Waals surface area contributed by atoms with Gasteiger partial charge in [0.2, 0.25) is 0 Å². The van der Waals surface area contributed by atoms with E-state index >= 15 is 0 Å². The summed E-state index contributed by atoms with van der Waals surface area (Å²) < 4.78 is 12.4. The SMILES string of the molecule is CCC[C@H](N)B1O[C@H]2C[C@@H]3C[C@@H](C3(C)C)[C@]2(C)O1.Cl. The third-order valence-electron chi connectivity index (χ3n) is 5.94. The van der Waals surface area contributed by atoms with Crippen LogP contribution < -0.4 is 5.73 Å². The molecule has 19 heavy (non-hydrogen) atoms. The first-order valence-corrected chi connectivity index (χ1v) is 7.48. The maximum atomic E-state index is 6.31. The Morgan fingerprint density at radius 2 is 2.00 bits per heavy atom. The Hall–Kier alpha value is 0.235. The fourth-order valence-corrected chi connectivity index (χ4v) is 4.55. The van der Waals surface area contributed by atoms with Crippen LogP contribution in [0.15, 0.2) is 0 Å². The highest BCUT2D eigenvalue weighted by Gasteiger charge is 2.68. The quantitative estimate of drug-likeness (QED) is 0.812. The first-order valence-electron chi connectivity index (χ1n) is 7.48. The largest absolute Gasteiger partial charge is 0.475 e. The summed E-state index contributed by atoms with van der Waals surface area (Å²) in [5.41, 5.74) is 6.49. The lowest BCUT2D eigenvalue weighted by atomic mass is 9.43.